The third-order valence-corrected chi connectivity index (χ3v) is 14.2. The van der Waals surface area contributed by atoms with Crippen LogP contribution >= 0.6 is 0 Å². The lowest BCUT2D eigenvalue weighted by molar-refractivity contribution is -0.121. The summed E-state index contributed by atoms with van der Waals surface area (Å²) in [6.45, 7) is 0. The number of carbonyl (C=O) groups excluding carboxylic acids is 2. The molecule has 2 nitrogen and oxygen atoms in total. The Morgan fingerprint density at radius 3 is 0.740 bits per heavy atom. The minimum absolute atomic E-state index is 0.0621. The van der Waals surface area contributed by atoms with Crippen molar-refractivity contribution in [2.75, 3.05) is 0 Å². The SMILES string of the molecule is O=C1C2c3ccccc3C3C=CC4c5ccccc5C5C(=O)C6c7ccccc7C7C=CC8c9ccccc9C1c1c8c7c6c6c5c4c3c2c16. The van der Waals surface area contributed by atoms with Gasteiger partial charge in [0.05, 0.1) is 23.7 Å². The number of hydrogen-bond acceptors (Lipinski definition) is 2. The number of benzene rings is 6. The number of Topliss-reactive ketones (excluding diaryl/α,β-unsaturated/α-hetero) is 2. The fourth-order valence-electron chi connectivity index (χ4n) is 12.7. The molecule has 2 heteroatoms. The van der Waals surface area contributed by atoms with Gasteiger partial charge in [0.25, 0.3) is 0 Å². The zero-order chi connectivity index (χ0) is 32.3. The van der Waals surface area contributed by atoms with Gasteiger partial charge < -0.3 is 0 Å². The molecular weight excluding hydrogens is 609 g/mol. The standard InChI is InChI=1S/C48H28O2/c49-47-37-25-13-5-1-9-21(25)29-17-18-30-22-10-2-7-15-27(22)39-42-34(30)33(29)41(37)45-43-35-31(23-11-3-6-14-26(23)38(43)47)19-20-32-24-12-4-8-16-28(24)40(48(39)50)44(36(32)35)46(42)45/h1-20,29-32,37-40H. The van der Waals surface area contributed by atoms with Gasteiger partial charge in [0.2, 0.25) is 0 Å². The van der Waals surface area contributed by atoms with Crippen LogP contribution in [0.1, 0.15) is 136 Å². The van der Waals surface area contributed by atoms with Crippen LogP contribution in [0.4, 0.5) is 0 Å². The van der Waals surface area contributed by atoms with Crippen molar-refractivity contribution in [3.8, 4) is 0 Å². The fourth-order valence-corrected chi connectivity index (χ4v) is 12.7. The molecule has 8 aliphatic carbocycles. The van der Waals surface area contributed by atoms with E-state index in [1.54, 1.807) is 0 Å². The quantitative estimate of drug-likeness (QED) is 0.156. The molecule has 0 fully saturated rings. The molecule has 0 heterocycles. The number of fused-ring (bicyclic) bond motifs is 12. The van der Waals surface area contributed by atoms with Crippen molar-refractivity contribution >= 4 is 22.3 Å². The molecule has 8 atom stereocenters. The van der Waals surface area contributed by atoms with Gasteiger partial charge in [-0.25, -0.2) is 0 Å². The molecular formula is C48H28O2. The molecule has 6 aromatic rings. The topological polar surface area (TPSA) is 34.1 Å². The largest absolute Gasteiger partial charge is 0.298 e. The highest BCUT2D eigenvalue weighted by Crippen LogP contribution is 2.69. The van der Waals surface area contributed by atoms with E-state index >= 15 is 9.59 Å². The Morgan fingerprint density at radius 2 is 0.500 bits per heavy atom. The Kier molecular flexibility index (Phi) is 4.09. The number of allylic oxidation sites excluding steroid dienone is 4. The average molecular weight is 637 g/mol. The summed E-state index contributed by atoms with van der Waals surface area (Å²) in [5, 5.41) is 2.62. The van der Waals surface area contributed by atoms with E-state index in [1.807, 2.05) is 0 Å². The zero-order valence-corrected chi connectivity index (χ0v) is 27.0. The summed E-state index contributed by atoms with van der Waals surface area (Å²) in [4.78, 5) is 31.3. The lowest BCUT2D eigenvalue weighted by Crippen LogP contribution is -2.42. The molecule has 232 valence electrons. The third-order valence-electron chi connectivity index (χ3n) is 14.2. The van der Waals surface area contributed by atoms with Gasteiger partial charge in [-0.05, 0) is 99.8 Å². The Hall–Kier alpha value is -5.60. The first kappa shape index (κ1) is 25.4. The molecule has 0 saturated heterocycles. The summed E-state index contributed by atoms with van der Waals surface area (Å²) >= 11 is 0. The van der Waals surface area contributed by atoms with E-state index in [0.717, 1.165) is 22.3 Å². The first-order chi connectivity index (χ1) is 24.7. The molecule has 0 bridgehead atoms. The van der Waals surface area contributed by atoms with Gasteiger partial charge in [-0.1, -0.05) is 121 Å². The molecule has 50 heavy (non-hydrogen) atoms. The highest BCUT2D eigenvalue weighted by atomic mass is 16.1. The Balaban J connectivity index is 1.29. The highest BCUT2D eigenvalue weighted by molar-refractivity contribution is 6.19. The van der Waals surface area contributed by atoms with Crippen molar-refractivity contribution in [2.24, 2.45) is 0 Å². The molecule has 8 aliphatic rings. The third kappa shape index (κ3) is 2.45. The number of carbonyl (C=O) groups is 2. The van der Waals surface area contributed by atoms with Crippen molar-refractivity contribution in [3.63, 3.8) is 0 Å². The van der Waals surface area contributed by atoms with Crippen molar-refractivity contribution in [2.45, 2.75) is 47.3 Å². The van der Waals surface area contributed by atoms with E-state index in [2.05, 4.69) is 121 Å². The van der Waals surface area contributed by atoms with Gasteiger partial charge in [-0.2, -0.15) is 0 Å². The minimum Gasteiger partial charge on any atom is -0.298 e. The maximum absolute atomic E-state index is 15.7. The van der Waals surface area contributed by atoms with E-state index in [0.29, 0.717) is 11.6 Å². The molecule has 0 spiro atoms. The lowest BCUT2D eigenvalue weighted by atomic mass is 9.49. The van der Waals surface area contributed by atoms with Crippen LogP contribution < -0.4 is 0 Å². The molecule has 14 rings (SSSR count). The van der Waals surface area contributed by atoms with Crippen molar-refractivity contribution in [3.05, 3.63) is 210 Å². The van der Waals surface area contributed by atoms with Crippen LogP contribution in [0.25, 0.3) is 10.8 Å². The number of rotatable bonds is 0. The molecule has 0 aliphatic heterocycles. The number of ketones is 2. The van der Waals surface area contributed by atoms with Crippen molar-refractivity contribution in [1.29, 1.82) is 0 Å². The van der Waals surface area contributed by atoms with Gasteiger partial charge in [-0.15, -0.1) is 0 Å². The van der Waals surface area contributed by atoms with Gasteiger partial charge in [0.1, 0.15) is 0 Å². The molecule has 6 aromatic carbocycles. The summed E-state index contributed by atoms with van der Waals surface area (Å²) in [6.07, 6.45) is 9.66. The molecule has 0 amide bonds. The van der Waals surface area contributed by atoms with Crippen LogP contribution in [-0.2, 0) is 9.59 Å². The molecule has 0 radical (unpaired) electrons. The van der Waals surface area contributed by atoms with E-state index in [-0.39, 0.29) is 47.3 Å². The summed E-state index contributed by atoms with van der Waals surface area (Å²) in [5.41, 5.74) is 19.9. The van der Waals surface area contributed by atoms with Gasteiger partial charge >= 0.3 is 0 Å². The van der Waals surface area contributed by atoms with Crippen LogP contribution in [0.15, 0.2) is 121 Å². The van der Waals surface area contributed by atoms with Crippen LogP contribution in [0.2, 0.25) is 0 Å². The first-order valence-corrected chi connectivity index (χ1v) is 18.2. The maximum Gasteiger partial charge on any atom is 0.156 e. The Morgan fingerprint density at radius 1 is 0.280 bits per heavy atom. The molecule has 0 saturated carbocycles. The van der Waals surface area contributed by atoms with Crippen LogP contribution in [0.5, 0.6) is 0 Å². The molecule has 8 unspecified atom stereocenters. The highest BCUT2D eigenvalue weighted by Gasteiger charge is 2.57. The fraction of sp³-hybridized carbons (Fsp3) is 0.167. The van der Waals surface area contributed by atoms with E-state index in [1.165, 1.54) is 77.5 Å². The van der Waals surface area contributed by atoms with Gasteiger partial charge in [0, 0.05) is 23.7 Å². The van der Waals surface area contributed by atoms with Crippen LogP contribution in [-0.4, -0.2) is 11.6 Å². The van der Waals surface area contributed by atoms with Gasteiger partial charge in [0.15, 0.2) is 11.6 Å². The first-order valence-electron chi connectivity index (χ1n) is 18.2. The predicted molar refractivity (Wildman–Crippen MR) is 193 cm³/mol. The minimum atomic E-state index is -0.334. The zero-order valence-electron chi connectivity index (χ0n) is 27.0. The molecule has 0 aromatic heterocycles. The van der Waals surface area contributed by atoms with Crippen molar-refractivity contribution < 1.29 is 9.59 Å². The summed E-state index contributed by atoms with van der Waals surface area (Å²) < 4.78 is 0. The van der Waals surface area contributed by atoms with E-state index in [4.69, 9.17) is 0 Å². The van der Waals surface area contributed by atoms with Crippen LogP contribution in [0, 0.1) is 0 Å². The maximum atomic E-state index is 15.7. The lowest BCUT2D eigenvalue weighted by Gasteiger charge is -2.52. The van der Waals surface area contributed by atoms with Crippen LogP contribution in [0.3, 0.4) is 0 Å². The second kappa shape index (κ2) is 8.06. The second-order valence-electron chi connectivity index (χ2n) is 15.8. The monoisotopic (exact) mass is 636 g/mol. The van der Waals surface area contributed by atoms with Gasteiger partial charge in [-0.3, -0.25) is 9.59 Å². The average Bonchev–Trinajstić information content (AvgIpc) is 3.17. The summed E-state index contributed by atoms with van der Waals surface area (Å²) in [6, 6.07) is 34.9. The van der Waals surface area contributed by atoms with Crippen molar-refractivity contribution in [1.82, 2.24) is 0 Å². The normalized spacial score (nSPS) is 29.1. The Bertz CT molecular complexity index is 2440. The summed E-state index contributed by atoms with van der Waals surface area (Å²) in [5.74, 6) is -0.458. The Labute approximate surface area is 288 Å². The van der Waals surface area contributed by atoms with E-state index < -0.39 is 0 Å². The predicted octanol–water partition coefficient (Wildman–Crippen LogP) is 9.45. The molecule has 0 N–H and O–H groups in total. The van der Waals surface area contributed by atoms with E-state index in [9.17, 15) is 0 Å². The smallest absolute Gasteiger partial charge is 0.156 e. The second-order valence-corrected chi connectivity index (χ2v) is 15.8. The summed E-state index contributed by atoms with van der Waals surface area (Å²) in [7, 11) is 0. The number of hydrogen-bond donors (Lipinski definition) is 0.